The summed E-state index contributed by atoms with van der Waals surface area (Å²) in [6.07, 6.45) is 2.35. The number of fused-ring (bicyclic) bond motifs is 1. The molecule has 0 radical (unpaired) electrons. The van der Waals surface area contributed by atoms with Gasteiger partial charge in [0, 0.05) is 19.6 Å². The molecule has 4 aromatic rings. The van der Waals surface area contributed by atoms with Crippen LogP contribution in [0.4, 0.5) is 10.6 Å². The number of nitrogens with two attached hydrogens (primary N) is 1. The van der Waals surface area contributed by atoms with E-state index in [-0.39, 0.29) is 35.7 Å². The Morgan fingerprint density at radius 1 is 1.03 bits per heavy atom. The van der Waals surface area contributed by atoms with Crippen LogP contribution in [0.15, 0.2) is 65.8 Å². The number of alkyl carbamates (subject to hydrolysis) is 1. The highest BCUT2D eigenvalue weighted by Gasteiger charge is 2.15. The van der Waals surface area contributed by atoms with Crippen molar-refractivity contribution in [3.8, 4) is 0 Å². The van der Waals surface area contributed by atoms with Crippen LogP contribution in [0.2, 0.25) is 5.28 Å². The normalized spacial score (nSPS) is 11.1. The van der Waals surface area contributed by atoms with E-state index in [4.69, 9.17) is 22.1 Å². The van der Waals surface area contributed by atoms with Crippen molar-refractivity contribution in [2.45, 2.75) is 51.2 Å². The number of aryl methyl sites for hydroxylation is 1. The minimum Gasteiger partial charge on any atom is -0.450 e. The summed E-state index contributed by atoms with van der Waals surface area (Å²) < 4.78 is 34.9. The number of hydrogen-bond donors (Lipinski definition) is 3. The van der Waals surface area contributed by atoms with E-state index < -0.39 is 16.1 Å². The zero-order chi connectivity index (χ0) is 28.3. The van der Waals surface area contributed by atoms with E-state index in [0.717, 1.165) is 5.56 Å². The molecule has 13 heteroatoms. The van der Waals surface area contributed by atoms with E-state index in [1.165, 1.54) is 12.1 Å². The Balaban J connectivity index is 0.00000205. The van der Waals surface area contributed by atoms with E-state index in [1.54, 1.807) is 18.5 Å². The van der Waals surface area contributed by atoms with E-state index >= 15 is 0 Å². The van der Waals surface area contributed by atoms with Gasteiger partial charge >= 0.3 is 6.09 Å². The molecule has 0 aliphatic heterocycles. The molecule has 0 saturated carbocycles. The third kappa shape index (κ3) is 8.63. The molecule has 208 valence electrons. The smallest absolute Gasteiger partial charge is 0.407 e. The first-order valence-corrected chi connectivity index (χ1v) is 14.3. The summed E-state index contributed by atoms with van der Waals surface area (Å²) >= 11 is 5.87. The Morgan fingerprint density at radius 3 is 2.54 bits per heavy atom. The minimum atomic E-state index is -3.70. The van der Waals surface area contributed by atoms with Gasteiger partial charge in [-0.1, -0.05) is 56.3 Å². The number of benzene rings is 2. The monoisotopic (exact) mass is 573 g/mol. The van der Waals surface area contributed by atoms with E-state index in [1.807, 2.05) is 48.7 Å². The molecule has 2 aromatic heterocycles. The second kappa shape index (κ2) is 14.4. The van der Waals surface area contributed by atoms with Crippen molar-refractivity contribution in [1.82, 2.24) is 29.6 Å². The molecule has 4 N–H and O–H groups in total. The summed E-state index contributed by atoms with van der Waals surface area (Å²) in [5, 5.41) is 2.69. The average Bonchev–Trinajstić information content (AvgIpc) is 3.35. The number of ether oxygens (including phenoxy) is 1. The molecule has 0 fully saturated rings. The van der Waals surface area contributed by atoms with Crippen LogP contribution in [-0.2, 0) is 34.4 Å². The summed E-state index contributed by atoms with van der Waals surface area (Å²) in [5.41, 5.74) is 8.33. The maximum absolute atomic E-state index is 12.6. The maximum atomic E-state index is 12.6. The Morgan fingerprint density at radius 2 is 1.77 bits per heavy atom. The second-order valence-corrected chi connectivity index (χ2v) is 10.2. The lowest BCUT2D eigenvalue weighted by Crippen LogP contribution is -2.25. The van der Waals surface area contributed by atoms with Crippen LogP contribution in [0.3, 0.4) is 0 Å². The van der Waals surface area contributed by atoms with Crippen LogP contribution in [0, 0.1) is 0 Å². The van der Waals surface area contributed by atoms with E-state index in [2.05, 4.69) is 25.0 Å². The maximum Gasteiger partial charge on any atom is 0.407 e. The highest BCUT2D eigenvalue weighted by Crippen LogP contribution is 2.18. The summed E-state index contributed by atoms with van der Waals surface area (Å²) in [6, 6.07) is 15.6. The molecule has 0 atom stereocenters. The number of hydrogen-bond acceptors (Lipinski definition) is 8. The average molecular weight is 574 g/mol. The van der Waals surface area contributed by atoms with Gasteiger partial charge in [-0.15, -0.1) is 0 Å². The summed E-state index contributed by atoms with van der Waals surface area (Å²) in [4.78, 5) is 24.4. The van der Waals surface area contributed by atoms with Gasteiger partial charge in [0.2, 0.25) is 15.3 Å². The molecule has 0 unspecified atom stereocenters. The van der Waals surface area contributed by atoms with Crippen LogP contribution in [0.1, 0.15) is 37.8 Å². The summed E-state index contributed by atoms with van der Waals surface area (Å²) in [7, 11) is -3.70. The number of sulfonamides is 1. The predicted octanol–water partition coefficient (Wildman–Crippen LogP) is 4.27. The first kappa shape index (κ1) is 29.8. The highest BCUT2D eigenvalue weighted by atomic mass is 35.5. The molecule has 0 aliphatic carbocycles. The number of carbonyl (C=O) groups excluding carboxylic acids is 1. The lowest BCUT2D eigenvalue weighted by atomic mass is 10.2. The summed E-state index contributed by atoms with van der Waals surface area (Å²) in [5.74, 6) is 0.223. The van der Waals surface area contributed by atoms with E-state index in [0.29, 0.717) is 36.1 Å². The van der Waals surface area contributed by atoms with Crippen molar-refractivity contribution in [1.29, 1.82) is 0 Å². The number of rotatable bonds is 11. The number of amides is 1. The standard InChI is InChI=1S/C24H26ClN7O4S.C2H6/c25-23-30-21(26)20-22(31-23)32(16-28-20)11-4-5-12-36-24(33)27-14-18-9-6-10-19(13-18)37(34,35)29-15-17-7-2-1-3-8-17;1-2/h1-3,6-10,13,16,29H,4-5,11-12,14-15H2,(H,27,33)(H2,26,30,31);1-2H3. The fourth-order valence-electron chi connectivity index (χ4n) is 3.56. The minimum absolute atomic E-state index is 0.0540. The number of halogens is 1. The van der Waals surface area contributed by atoms with Gasteiger partial charge in [-0.3, -0.25) is 0 Å². The third-order valence-electron chi connectivity index (χ3n) is 5.44. The van der Waals surface area contributed by atoms with Gasteiger partial charge in [0.25, 0.3) is 0 Å². The first-order chi connectivity index (χ1) is 18.8. The van der Waals surface area contributed by atoms with Crippen molar-refractivity contribution in [3.63, 3.8) is 0 Å². The van der Waals surface area contributed by atoms with Gasteiger partial charge in [0.1, 0.15) is 5.52 Å². The number of nitrogens with zero attached hydrogens (tertiary/aromatic N) is 4. The number of unbranched alkanes of at least 4 members (excludes halogenated alkanes) is 1. The lowest BCUT2D eigenvalue weighted by molar-refractivity contribution is 0.143. The molecule has 0 aliphatic rings. The van der Waals surface area contributed by atoms with Crippen LogP contribution in [0.5, 0.6) is 0 Å². The molecule has 0 spiro atoms. The van der Waals surface area contributed by atoms with Gasteiger partial charge in [-0.05, 0) is 47.7 Å². The first-order valence-electron chi connectivity index (χ1n) is 12.5. The molecule has 1 amide bonds. The van der Waals surface area contributed by atoms with Crippen molar-refractivity contribution in [3.05, 3.63) is 77.3 Å². The molecule has 0 bridgehead atoms. The molecule has 39 heavy (non-hydrogen) atoms. The quantitative estimate of drug-likeness (QED) is 0.177. The highest BCUT2D eigenvalue weighted by molar-refractivity contribution is 7.89. The van der Waals surface area contributed by atoms with Crippen LogP contribution in [-0.4, -0.2) is 40.6 Å². The van der Waals surface area contributed by atoms with Crippen LogP contribution >= 0.6 is 11.6 Å². The fraction of sp³-hybridized carbons (Fsp3) is 0.308. The van der Waals surface area contributed by atoms with E-state index in [9.17, 15) is 13.2 Å². The number of carbonyl (C=O) groups is 1. The van der Waals surface area contributed by atoms with Crippen molar-refractivity contribution in [2.24, 2.45) is 0 Å². The Bertz CT molecular complexity index is 1480. The molecular weight excluding hydrogens is 542 g/mol. The second-order valence-electron chi connectivity index (χ2n) is 8.14. The van der Waals surface area contributed by atoms with Gasteiger partial charge in [0.15, 0.2) is 11.5 Å². The molecule has 2 heterocycles. The third-order valence-corrected chi connectivity index (χ3v) is 7.01. The number of imidazole rings is 1. The van der Waals surface area contributed by atoms with Gasteiger partial charge < -0.3 is 20.4 Å². The van der Waals surface area contributed by atoms with Gasteiger partial charge in [-0.25, -0.2) is 22.9 Å². The van der Waals surface area contributed by atoms with Crippen molar-refractivity contribution in [2.75, 3.05) is 12.3 Å². The van der Waals surface area contributed by atoms with Crippen molar-refractivity contribution < 1.29 is 17.9 Å². The predicted molar refractivity (Wildman–Crippen MR) is 150 cm³/mol. The fourth-order valence-corrected chi connectivity index (χ4v) is 4.82. The Hall–Kier alpha value is -3.74. The topological polar surface area (TPSA) is 154 Å². The Kier molecular flexibility index (Phi) is 11.0. The number of nitrogen functional groups attached to an aromatic ring is 1. The zero-order valence-corrected chi connectivity index (χ0v) is 23.4. The molecule has 0 saturated heterocycles. The SMILES string of the molecule is CC.Nc1nc(Cl)nc2c1ncn2CCCCOC(=O)NCc1cccc(S(=O)(=O)NCc2ccccc2)c1. The molecule has 11 nitrogen and oxygen atoms in total. The largest absolute Gasteiger partial charge is 0.450 e. The van der Waals surface area contributed by atoms with Gasteiger partial charge in [0.05, 0.1) is 17.8 Å². The van der Waals surface area contributed by atoms with Crippen molar-refractivity contribution >= 4 is 44.7 Å². The van der Waals surface area contributed by atoms with Gasteiger partial charge in [-0.2, -0.15) is 9.97 Å². The Labute approximate surface area is 232 Å². The number of aromatic nitrogens is 4. The lowest BCUT2D eigenvalue weighted by Gasteiger charge is -2.10. The summed E-state index contributed by atoms with van der Waals surface area (Å²) in [6.45, 7) is 5.12. The number of nitrogens with one attached hydrogen (secondary N) is 2. The molecule has 2 aromatic carbocycles. The molecule has 4 rings (SSSR count). The van der Waals surface area contributed by atoms with Crippen LogP contribution < -0.4 is 15.8 Å². The zero-order valence-electron chi connectivity index (χ0n) is 21.8. The number of anilines is 1. The molecular formula is C26H32ClN7O4S. The van der Waals surface area contributed by atoms with Crippen LogP contribution in [0.25, 0.3) is 11.2 Å².